The van der Waals surface area contributed by atoms with E-state index in [9.17, 15) is 4.39 Å². The van der Waals surface area contributed by atoms with Crippen LogP contribution in [0, 0.1) is 5.82 Å². The van der Waals surface area contributed by atoms with Gasteiger partial charge in [-0.15, -0.1) is 0 Å². The third kappa shape index (κ3) is 7.66. The second kappa shape index (κ2) is 14.1. The number of rotatable bonds is 11. The van der Waals surface area contributed by atoms with E-state index >= 15 is 0 Å². The van der Waals surface area contributed by atoms with Gasteiger partial charge in [0.1, 0.15) is 18.0 Å². The molecular formula is C39H46FN7O2Si. The Hall–Kier alpha value is -4.42. The Bertz CT molecular complexity index is 2100. The van der Waals surface area contributed by atoms with Gasteiger partial charge in [0, 0.05) is 61.6 Å². The molecule has 7 rings (SSSR count). The van der Waals surface area contributed by atoms with Crippen LogP contribution in [0.4, 0.5) is 15.9 Å². The molecule has 0 saturated carbocycles. The summed E-state index contributed by atoms with van der Waals surface area (Å²) >= 11 is 0. The fourth-order valence-corrected chi connectivity index (χ4v) is 7.31. The largest absolute Gasteiger partial charge is 0.416 e. The van der Waals surface area contributed by atoms with Crippen LogP contribution in [0.25, 0.3) is 32.9 Å². The molecule has 1 aliphatic heterocycles. The number of halogens is 1. The average Bonchev–Trinajstić information content (AvgIpc) is 3.71. The van der Waals surface area contributed by atoms with E-state index < -0.39 is 8.32 Å². The minimum absolute atomic E-state index is 0.128. The van der Waals surface area contributed by atoms with E-state index in [4.69, 9.17) is 9.16 Å². The van der Waals surface area contributed by atoms with Gasteiger partial charge < -0.3 is 19.0 Å². The van der Waals surface area contributed by atoms with Crippen LogP contribution < -0.4 is 5.32 Å². The molecule has 0 bridgehead atoms. The molecule has 1 atom stereocenters. The van der Waals surface area contributed by atoms with Crippen molar-refractivity contribution in [2.45, 2.75) is 58.1 Å². The highest BCUT2D eigenvalue weighted by atomic mass is 28.4. The maximum atomic E-state index is 13.7. The van der Waals surface area contributed by atoms with Crippen LogP contribution in [0.3, 0.4) is 0 Å². The van der Waals surface area contributed by atoms with Gasteiger partial charge in [-0.2, -0.15) is 5.10 Å². The number of ether oxygens (including phenoxy) is 1. The van der Waals surface area contributed by atoms with Crippen LogP contribution >= 0.6 is 0 Å². The Kier molecular flexibility index (Phi) is 9.58. The normalized spacial score (nSPS) is 16.0. The first-order valence-electron chi connectivity index (χ1n) is 17.4. The summed E-state index contributed by atoms with van der Waals surface area (Å²) in [5.41, 5.74) is 5.82. The Labute approximate surface area is 294 Å². The number of hydrogen-bond acceptors (Lipinski definition) is 7. The maximum absolute atomic E-state index is 13.7. The summed E-state index contributed by atoms with van der Waals surface area (Å²) in [7, 11) is -1.75. The summed E-state index contributed by atoms with van der Waals surface area (Å²) in [6.45, 7) is 17.1. The van der Waals surface area contributed by atoms with Crippen molar-refractivity contribution in [2.75, 3.05) is 38.2 Å². The number of benzene rings is 3. The van der Waals surface area contributed by atoms with E-state index in [1.54, 1.807) is 18.5 Å². The van der Waals surface area contributed by atoms with Crippen LogP contribution in [-0.2, 0) is 22.3 Å². The van der Waals surface area contributed by atoms with Crippen molar-refractivity contribution >= 4 is 41.6 Å². The molecule has 1 aliphatic rings. The molecule has 260 valence electrons. The quantitative estimate of drug-likeness (QED) is 0.138. The van der Waals surface area contributed by atoms with E-state index in [0.29, 0.717) is 6.54 Å². The lowest BCUT2D eigenvalue weighted by molar-refractivity contribution is -0.0389. The van der Waals surface area contributed by atoms with Crippen molar-refractivity contribution in [1.82, 2.24) is 29.2 Å². The van der Waals surface area contributed by atoms with E-state index in [-0.39, 0.29) is 17.0 Å². The van der Waals surface area contributed by atoms with E-state index in [0.717, 1.165) is 89.4 Å². The third-order valence-corrected chi connectivity index (χ3v) is 14.7. The summed E-state index contributed by atoms with van der Waals surface area (Å²) in [6, 6.07) is 21.2. The van der Waals surface area contributed by atoms with E-state index in [1.165, 1.54) is 6.07 Å². The van der Waals surface area contributed by atoms with Gasteiger partial charge in [0.15, 0.2) is 8.32 Å². The molecule has 1 fully saturated rings. The summed E-state index contributed by atoms with van der Waals surface area (Å²) in [6.07, 6.45) is 7.87. The standard InChI is InChI=1S/C39H46FN7O2Si/c1-39(2,3)50(4,5)49-18-16-45-15-17-48-34(25-45)26-46-14-13-30(24-46)29-9-11-36-35(21-29)38(42-27-41-36)44-33-10-12-37-31(20-33)22-43-47(37)23-28-7-6-8-32(40)19-28/h6-14,19-22,24,27,34H,15-18,23,25-26H2,1-5H3,(H,41,42,44). The van der Waals surface area contributed by atoms with Crippen LogP contribution in [-0.4, -0.2) is 76.5 Å². The van der Waals surface area contributed by atoms with Gasteiger partial charge >= 0.3 is 0 Å². The zero-order valence-electron chi connectivity index (χ0n) is 29.6. The van der Waals surface area contributed by atoms with Gasteiger partial charge in [-0.25, -0.2) is 14.4 Å². The summed E-state index contributed by atoms with van der Waals surface area (Å²) < 4.78 is 30.5. The van der Waals surface area contributed by atoms with Crippen molar-refractivity contribution < 1.29 is 13.6 Å². The van der Waals surface area contributed by atoms with Crippen molar-refractivity contribution in [2.24, 2.45) is 0 Å². The molecule has 0 radical (unpaired) electrons. The summed E-state index contributed by atoms with van der Waals surface area (Å²) in [5, 5.41) is 10.2. The number of nitrogens with one attached hydrogen (secondary N) is 1. The molecule has 11 heteroatoms. The predicted octanol–water partition coefficient (Wildman–Crippen LogP) is 8.10. The molecule has 1 saturated heterocycles. The molecule has 0 amide bonds. The SMILES string of the molecule is CC(C)(C)[Si](C)(C)OCCN1CCOC(Cn2ccc(-c3ccc4ncnc(Nc5ccc6c(cnn6Cc6cccc(F)c6)c5)c4c3)c2)C1. The summed E-state index contributed by atoms with van der Waals surface area (Å²) in [5.74, 6) is 0.485. The Morgan fingerprint density at radius 3 is 2.74 bits per heavy atom. The Morgan fingerprint density at radius 2 is 1.90 bits per heavy atom. The van der Waals surface area contributed by atoms with Gasteiger partial charge in [0.2, 0.25) is 0 Å². The Balaban J connectivity index is 1.01. The van der Waals surface area contributed by atoms with Crippen molar-refractivity contribution in [3.63, 3.8) is 0 Å². The van der Waals surface area contributed by atoms with Gasteiger partial charge in [0.25, 0.3) is 0 Å². The number of nitrogens with zero attached hydrogens (tertiary/aromatic N) is 6. The molecule has 1 unspecified atom stereocenters. The lowest BCUT2D eigenvalue weighted by Gasteiger charge is -2.38. The minimum atomic E-state index is -1.75. The molecule has 0 aliphatic carbocycles. The number of morpholine rings is 1. The maximum Gasteiger partial charge on any atom is 0.192 e. The highest BCUT2D eigenvalue weighted by Gasteiger charge is 2.37. The monoisotopic (exact) mass is 691 g/mol. The van der Waals surface area contributed by atoms with E-state index in [1.807, 2.05) is 35.1 Å². The summed E-state index contributed by atoms with van der Waals surface area (Å²) in [4.78, 5) is 11.6. The number of aromatic nitrogens is 5. The first kappa shape index (κ1) is 34.0. The van der Waals surface area contributed by atoms with Crippen LogP contribution in [0.2, 0.25) is 18.1 Å². The van der Waals surface area contributed by atoms with Gasteiger partial charge in [-0.05, 0) is 83.4 Å². The molecule has 6 aromatic rings. The zero-order chi connectivity index (χ0) is 34.9. The van der Waals surface area contributed by atoms with Crippen molar-refractivity contribution in [1.29, 1.82) is 0 Å². The lowest BCUT2D eigenvalue weighted by Crippen LogP contribution is -2.47. The minimum Gasteiger partial charge on any atom is -0.416 e. The van der Waals surface area contributed by atoms with Crippen molar-refractivity contribution in [3.05, 3.63) is 103 Å². The molecule has 50 heavy (non-hydrogen) atoms. The smallest absolute Gasteiger partial charge is 0.192 e. The first-order valence-corrected chi connectivity index (χ1v) is 20.3. The highest BCUT2D eigenvalue weighted by molar-refractivity contribution is 6.74. The molecule has 1 N–H and O–H groups in total. The molecule has 4 heterocycles. The lowest BCUT2D eigenvalue weighted by atomic mass is 10.1. The van der Waals surface area contributed by atoms with Gasteiger partial charge in [-0.1, -0.05) is 39.0 Å². The molecule has 3 aromatic heterocycles. The van der Waals surface area contributed by atoms with Crippen LogP contribution in [0.5, 0.6) is 0 Å². The van der Waals surface area contributed by atoms with Crippen molar-refractivity contribution in [3.8, 4) is 11.1 Å². The molecular weight excluding hydrogens is 646 g/mol. The predicted molar refractivity (Wildman–Crippen MR) is 201 cm³/mol. The number of hydrogen-bond donors (Lipinski definition) is 1. The second-order valence-corrected chi connectivity index (χ2v) is 19.6. The second-order valence-electron chi connectivity index (χ2n) is 14.8. The Morgan fingerprint density at radius 1 is 1.02 bits per heavy atom. The molecule has 0 spiro atoms. The molecule has 9 nitrogen and oxygen atoms in total. The average molecular weight is 692 g/mol. The molecule has 3 aromatic carbocycles. The van der Waals surface area contributed by atoms with Gasteiger partial charge in [0.05, 0.1) is 36.5 Å². The fourth-order valence-electron chi connectivity index (χ4n) is 6.27. The highest BCUT2D eigenvalue weighted by Crippen LogP contribution is 2.36. The topological polar surface area (TPSA) is 82.3 Å². The first-order chi connectivity index (χ1) is 24.0. The number of fused-ring (bicyclic) bond motifs is 2. The fraction of sp³-hybridized carbons (Fsp3) is 0.359. The third-order valence-electron chi connectivity index (χ3n) is 10.2. The zero-order valence-corrected chi connectivity index (χ0v) is 30.6. The number of anilines is 2. The van der Waals surface area contributed by atoms with Gasteiger partial charge in [-0.3, -0.25) is 9.58 Å². The van der Waals surface area contributed by atoms with Crippen LogP contribution in [0.1, 0.15) is 26.3 Å². The van der Waals surface area contributed by atoms with E-state index in [2.05, 4.69) is 100 Å². The van der Waals surface area contributed by atoms with Crippen LogP contribution in [0.15, 0.2) is 91.6 Å².